The lowest BCUT2D eigenvalue weighted by Crippen LogP contribution is -2.05. The van der Waals surface area contributed by atoms with Crippen molar-refractivity contribution in [2.45, 2.75) is 26.4 Å². The summed E-state index contributed by atoms with van der Waals surface area (Å²) in [6.45, 7) is 3.90. The Morgan fingerprint density at radius 3 is 2.72 bits per heavy atom. The highest BCUT2D eigenvalue weighted by molar-refractivity contribution is 6.31. The van der Waals surface area contributed by atoms with Crippen LogP contribution in [0.4, 0.5) is 0 Å². The number of halogens is 1. The Balaban J connectivity index is 2.21. The molecule has 1 atom stereocenters. The second-order valence-corrected chi connectivity index (χ2v) is 4.90. The maximum Gasteiger partial charge on any atom is 0.0848 e. The Morgan fingerprint density at radius 1 is 1.28 bits per heavy atom. The number of hydrogen-bond donors (Lipinski definition) is 1. The number of hydrogen-bond acceptors (Lipinski definition) is 2. The summed E-state index contributed by atoms with van der Waals surface area (Å²) in [5, 5.41) is 11.0. The molecule has 1 aromatic carbocycles. The SMILES string of the molecule is Cc1ccc(CC(O)c2cccnc2C)c(Cl)c1. The van der Waals surface area contributed by atoms with Crippen molar-refractivity contribution in [3.05, 3.63) is 63.9 Å². The molecule has 0 aliphatic carbocycles. The minimum atomic E-state index is -0.570. The maximum atomic E-state index is 10.2. The predicted octanol–water partition coefficient (Wildman–Crippen LogP) is 3.63. The number of pyridine rings is 1. The first-order chi connectivity index (χ1) is 8.58. The van der Waals surface area contributed by atoms with Gasteiger partial charge in [-0.2, -0.15) is 0 Å². The standard InChI is InChI=1S/C15H16ClNO/c1-10-5-6-12(14(16)8-10)9-15(18)13-4-3-7-17-11(13)2/h3-8,15,18H,9H2,1-2H3. The van der Waals surface area contributed by atoms with E-state index in [-0.39, 0.29) is 0 Å². The van der Waals surface area contributed by atoms with Crippen LogP contribution in [0.15, 0.2) is 36.5 Å². The van der Waals surface area contributed by atoms with Crippen LogP contribution < -0.4 is 0 Å². The molecule has 0 aliphatic heterocycles. The van der Waals surface area contributed by atoms with Crippen molar-refractivity contribution in [2.75, 3.05) is 0 Å². The molecule has 3 heteroatoms. The normalized spacial score (nSPS) is 12.4. The van der Waals surface area contributed by atoms with Crippen LogP contribution in [0.3, 0.4) is 0 Å². The van der Waals surface area contributed by atoms with Gasteiger partial charge in [0.05, 0.1) is 6.10 Å². The fraction of sp³-hybridized carbons (Fsp3) is 0.267. The second-order valence-electron chi connectivity index (χ2n) is 4.49. The highest BCUT2D eigenvalue weighted by atomic mass is 35.5. The summed E-state index contributed by atoms with van der Waals surface area (Å²) in [6.07, 6.45) is 1.66. The molecule has 1 unspecified atom stereocenters. The predicted molar refractivity (Wildman–Crippen MR) is 73.8 cm³/mol. The maximum absolute atomic E-state index is 10.2. The monoisotopic (exact) mass is 261 g/mol. The number of aromatic nitrogens is 1. The topological polar surface area (TPSA) is 33.1 Å². The van der Waals surface area contributed by atoms with Crippen LogP contribution >= 0.6 is 11.6 Å². The van der Waals surface area contributed by atoms with Crippen molar-refractivity contribution in [3.8, 4) is 0 Å². The first kappa shape index (κ1) is 13.1. The van der Waals surface area contributed by atoms with Crippen LogP contribution in [0, 0.1) is 13.8 Å². The van der Waals surface area contributed by atoms with Crippen LogP contribution in [0.25, 0.3) is 0 Å². The molecule has 2 nitrogen and oxygen atoms in total. The average molecular weight is 262 g/mol. The van der Waals surface area contributed by atoms with Crippen molar-refractivity contribution < 1.29 is 5.11 Å². The van der Waals surface area contributed by atoms with Gasteiger partial charge < -0.3 is 5.11 Å². The second kappa shape index (κ2) is 5.51. The highest BCUT2D eigenvalue weighted by Gasteiger charge is 2.13. The van der Waals surface area contributed by atoms with Gasteiger partial charge in [-0.3, -0.25) is 4.98 Å². The van der Waals surface area contributed by atoms with E-state index in [0.717, 1.165) is 22.4 Å². The molecule has 2 aromatic rings. The van der Waals surface area contributed by atoms with Gasteiger partial charge in [-0.1, -0.05) is 29.8 Å². The first-order valence-corrected chi connectivity index (χ1v) is 6.30. The summed E-state index contributed by atoms with van der Waals surface area (Å²) in [6, 6.07) is 9.62. The quantitative estimate of drug-likeness (QED) is 0.915. The molecule has 0 radical (unpaired) electrons. The average Bonchev–Trinajstić information content (AvgIpc) is 2.33. The van der Waals surface area contributed by atoms with Gasteiger partial charge in [0.25, 0.3) is 0 Å². The third-order valence-corrected chi connectivity index (χ3v) is 3.38. The number of nitrogens with zero attached hydrogens (tertiary/aromatic N) is 1. The number of aryl methyl sites for hydroxylation is 2. The summed E-state index contributed by atoms with van der Waals surface area (Å²) < 4.78 is 0. The van der Waals surface area contributed by atoms with Gasteiger partial charge in [-0.05, 0) is 37.1 Å². The summed E-state index contributed by atoms with van der Waals surface area (Å²) in [4.78, 5) is 4.19. The summed E-state index contributed by atoms with van der Waals surface area (Å²) in [5.74, 6) is 0. The highest BCUT2D eigenvalue weighted by Crippen LogP contribution is 2.25. The molecule has 0 bridgehead atoms. The van der Waals surface area contributed by atoms with Crippen molar-refractivity contribution in [2.24, 2.45) is 0 Å². The van der Waals surface area contributed by atoms with Gasteiger partial charge in [-0.15, -0.1) is 0 Å². The number of rotatable bonds is 3. The van der Waals surface area contributed by atoms with E-state index in [0.29, 0.717) is 11.4 Å². The molecule has 2 rings (SSSR count). The van der Waals surface area contributed by atoms with E-state index in [2.05, 4.69) is 4.98 Å². The van der Waals surface area contributed by atoms with E-state index in [1.807, 2.05) is 44.2 Å². The molecule has 0 saturated heterocycles. The zero-order chi connectivity index (χ0) is 13.1. The zero-order valence-corrected chi connectivity index (χ0v) is 11.3. The smallest absolute Gasteiger partial charge is 0.0848 e. The Morgan fingerprint density at radius 2 is 2.06 bits per heavy atom. The summed E-state index contributed by atoms with van der Waals surface area (Å²) >= 11 is 6.17. The van der Waals surface area contributed by atoms with Gasteiger partial charge in [-0.25, -0.2) is 0 Å². The van der Waals surface area contributed by atoms with Crippen molar-refractivity contribution >= 4 is 11.6 Å². The van der Waals surface area contributed by atoms with E-state index in [1.165, 1.54) is 0 Å². The van der Waals surface area contributed by atoms with Gasteiger partial charge in [0.15, 0.2) is 0 Å². The molecule has 0 saturated carbocycles. The Labute approximate surface area is 112 Å². The lowest BCUT2D eigenvalue weighted by atomic mass is 10.00. The van der Waals surface area contributed by atoms with Crippen LogP contribution in [0.1, 0.15) is 28.5 Å². The van der Waals surface area contributed by atoms with Gasteiger partial charge >= 0.3 is 0 Å². The fourth-order valence-electron chi connectivity index (χ4n) is 1.99. The molecule has 0 amide bonds. The number of benzene rings is 1. The molecule has 1 N–H and O–H groups in total. The molecule has 0 fully saturated rings. The van der Waals surface area contributed by atoms with Crippen molar-refractivity contribution in [1.29, 1.82) is 0 Å². The zero-order valence-electron chi connectivity index (χ0n) is 10.5. The van der Waals surface area contributed by atoms with Crippen LogP contribution in [0.2, 0.25) is 5.02 Å². The van der Waals surface area contributed by atoms with E-state index in [1.54, 1.807) is 6.20 Å². The molecule has 1 heterocycles. The molecule has 94 valence electrons. The molecule has 0 aliphatic rings. The Kier molecular flexibility index (Phi) is 4.00. The number of aliphatic hydroxyl groups is 1. The van der Waals surface area contributed by atoms with Gasteiger partial charge in [0.2, 0.25) is 0 Å². The van der Waals surface area contributed by atoms with E-state index in [9.17, 15) is 5.11 Å². The Bertz CT molecular complexity index is 554. The minimum absolute atomic E-state index is 0.506. The van der Waals surface area contributed by atoms with Gasteiger partial charge in [0, 0.05) is 28.9 Å². The third kappa shape index (κ3) is 2.89. The molecular formula is C15H16ClNO. The lowest BCUT2D eigenvalue weighted by molar-refractivity contribution is 0.177. The number of aliphatic hydroxyl groups excluding tert-OH is 1. The van der Waals surface area contributed by atoms with Crippen LogP contribution in [-0.2, 0) is 6.42 Å². The van der Waals surface area contributed by atoms with E-state index >= 15 is 0 Å². The fourth-order valence-corrected chi connectivity index (χ4v) is 2.30. The minimum Gasteiger partial charge on any atom is -0.388 e. The largest absolute Gasteiger partial charge is 0.388 e. The molecular weight excluding hydrogens is 246 g/mol. The summed E-state index contributed by atoms with van der Waals surface area (Å²) in [5.41, 5.74) is 3.79. The lowest BCUT2D eigenvalue weighted by Gasteiger charge is -2.14. The molecule has 18 heavy (non-hydrogen) atoms. The summed E-state index contributed by atoms with van der Waals surface area (Å²) in [7, 11) is 0. The van der Waals surface area contributed by atoms with Gasteiger partial charge in [0.1, 0.15) is 0 Å². The Hall–Kier alpha value is -1.38. The van der Waals surface area contributed by atoms with Crippen LogP contribution in [-0.4, -0.2) is 10.1 Å². The molecule has 1 aromatic heterocycles. The van der Waals surface area contributed by atoms with E-state index < -0.39 is 6.10 Å². The van der Waals surface area contributed by atoms with Crippen molar-refractivity contribution in [1.82, 2.24) is 4.98 Å². The van der Waals surface area contributed by atoms with Crippen molar-refractivity contribution in [3.63, 3.8) is 0 Å². The molecule has 0 spiro atoms. The third-order valence-electron chi connectivity index (χ3n) is 3.03. The van der Waals surface area contributed by atoms with E-state index in [4.69, 9.17) is 11.6 Å². The van der Waals surface area contributed by atoms with Crippen LogP contribution in [0.5, 0.6) is 0 Å². The first-order valence-electron chi connectivity index (χ1n) is 5.92.